The first-order valence-corrected chi connectivity index (χ1v) is 5.62. The van der Waals surface area contributed by atoms with Crippen LogP contribution in [-0.4, -0.2) is 28.4 Å². The molecule has 2 aromatic rings. The van der Waals surface area contributed by atoms with Gasteiger partial charge in [0.25, 0.3) is 5.56 Å². The summed E-state index contributed by atoms with van der Waals surface area (Å²) >= 11 is 0. The zero-order chi connectivity index (χ0) is 13.0. The van der Waals surface area contributed by atoms with E-state index in [1.165, 1.54) is 4.57 Å². The Morgan fingerprint density at radius 3 is 2.78 bits per heavy atom. The van der Waals surface area contributed by atoms with E-state index in [-0.39, 0.29) is 5.56 Å². The normalized spacial score (nSPS) is 10.1. The van der Waals surface area contributed by atoms with Gasteiger partial charge in [-0.05, 0) is 25.1 Å². The fourth-order valence-electron chi connectivity index (χ4n) is 1.53. The van der Waals surface area contributed by atoms with E-state index in [9.17, 15) is 4.79 Å². The van der Waals surface area contributed by atoms with Crippen LogP contribution >= 0.6 is 0 Å². The van der Waals surface area contributed by atoms with Crippen LogP contribution in [-0.2, 0) is 0 Å². The highest BCUT2D eigenvalue weighted by molar-refractivity contribution is 5.41. The van der Waals surface area contributed by atoms with Gasteiger partial charge in [-0.1, -0.05) is 0 Å². The molecule has 0 unspecified atom stereocenters. The summed E-state index contributed by atoms with van der Waals surface area (Å²) in [6, 6.07) is 6.86. The van der Waals surface area contributed by atoms with Gasteiger partial charge < -0.3 is 10.1 Å². The highest BCUT2D eigenvalue weighted by Gasteiger charge is 2.05. The Bertz CT molecular complexity index is 577. The number of pyridine rings is 1. The van der Waals surface area contributed by atoms with Gasteiger partial charge in [-0.25, -0.2) is 0 Å². The fourth-order valence-corrected chi connectivity index (χ4v) is 1.53. The molecule has 2 heterocycles. The van der Waals surface area contributed by atoms with E-state index in [0.717, 1.165) is 0 Å². The molecule has 0 bridgehead atoms. The lowest BCUT2D eigenvalue weighted by Crippen LogP contribution is -2.21. The van der Waals surface area contributed by atoms with Crippen LogP contribution in [0.25, 0.3) is 5.82 Å². The Labute approximate surface area is 104 Å². The van der Waals surface area contributed by atoms with Gasteiger partial charge in [0.2, 0.25) is 5.88 Å². The highest BCUT2D eigenvalue weighted by atomic mass is 16.5. The summed E-state index contributed by atoms with van der Waals surface area (Å²) in [7, 11) is 1.70. The Morgan fingerprint density at radius 2 is 2.17 bits per heavy atom. The first-order chi connectivity index (χ1) is 8.76. The number of aromatic nitrogens is 3. The standard InChI is InChI=1S/C12H14N4O2/c1-3-18-11-7-6-10(14-15-11)16-8-4-5-9(13-2)12(16)17/h4-8,13H,3H2,1-2H3. The molecule has 0 atom stereocenters. The molecule has 0 radical (unpaired) electrons. The molecule has 18 heavy (non-hydrogen) atoms. The summed E-state index contributed by atoms with van der Waals surface area (Å²) in [5, 5.41) is 10.7. The minimum atomic E-state index is -0.168. The molecule has 0 aliphatic rings. The first-order valence-electron chi connectivity index (χ1n) is 5.62. The van der Waals surface area contributed by atoms with E-state index < -0.39 is 0 Å². The molecule has 6 nitrogen and oxygen atoms in total. The average Bonchev–Trinajstić information content (AvgIpc) is 2.41. The second-order valence-corrected chi connectivity index (χ2v) is 3.51. The summed E-state index contributed by atoms with van der Waals surface area (Å²) in [5.74, 6) is 0.902. The zero-order valence-corrected chi connectivity index (χ0v) is 10.3. The van der Waals surface area contributed by atoms with Crippen LogP contribution in [0.4, 0.5) is 5.69 Å². The lowest BCUT2D eigenvalue weighted by atomic mass is 10.4. The van der Waals surface area contributed by atoms with Gasteiger partial charge in [-0.2, -0.15) is 0 Å². The monoisotopic (exact) mass is 246 g/mol. The zero-order valence-electron chi connectivity index (χ0n) is 10.3. The Hall–Kier alpha value is -2.37. The van der Waals surface area contributed by atoms with Crippen molar-refractivity contribution in [1.29, 1.82) is 0 Å². The summed E-state index contributed by atoms with van der Waals surface area (Å²) in [4.78, 5) is 12.0. The molecule has 0 aliphatic carbocycles. The molecule has 2 aromatic heterocycles. The minimum Gasteiger partial charge on any atom is -0.477 e. The van der Waals surface area contributed by atoms with Gasteiger partial charge in [0.05, 0.1) is 6.61 Å². The van der Waals surface area contributed by atoms with Crippen LogP contribution in [0.15, 0.2) is 35.3 Å². The molecule has 2 rings (SSSR count). The summed E-state index contributed by atoms with van der Waals surface area (Å²) in [6.45, 7) is 2.40. The van der Waals surface area contributed by atoms with E-state index in [1.807, 2.05) is 6.92 Å². The Balaban J connectivity index is 2.40. The van der Waals surface area contributed by atoms with E-state index >= 15 is 0 Å². The third kappa shape index (κ3) is 2.32. The van der Waals surface area contributed by atoms with Gasteiger partial charge in [0, 0.05) is 19.3 Å². The smallest absolute Gasteiger partial charge is 0.279 e. The molecule has 0 amide bonds. The number of rotatable bonds is 4. The minimum absolute atomic E-state index is 0.168. The maximum Gasteiger partial charge on any atom is 0.279 e. The van der Waals surface area contributed by atoms with E-state index in [4.69, 9.17) is 4.74 Å². The van der Waals surface area contributed by atoms with Crippen molar-refractivity contribution in [2.75, 3.05) is 19.0 Å². The lowest BCUT2D eigenvalue weighted by molar-refractivity contribution is 0.322. The third-order valence-corrected chi connectivity index (χ3v) is 2.38. The van der Waals surface area contributed by atoms with Crippen molar-refractivity contribution < 1.29 is 4.74 Å². The molecule has 6 heteroatoms. The molecule has 0 aromatic carbocycles. The van der Waals surface area contributed by atoms with Crippen molar-refractivity contribution in [3.63, 3.8) is 0 Å². The molecule has 0 spiro atoms. The number of ether oxygens (including phenoxy) is 1. The second kappa shape index (κ2) is 5.31. The van der Waals surface area contributed by atoms with Gasteiger partial charge in [0.15, 0.2) is 5.82 Å². The van der Waals surface area contributed by atoms with Crippen LogP contribution in [0, 0.1) is 0 Å². The van der Waals surface area contributed by atoms with Crippen LogP contribution in [0.3, 0.4) is 0 Å². The third-order valence-electron chi connectivity index (χ3n) is 2.38. The van der Waals surface area contributed by atoms with Crippen LogP contribution in [0.2, 0.25) is 0 Å². The van der Waals surface area contributed by atoms with E-state index in [2.05, 4.69) is 15.5 Å². The summed E-state index contributed by atoms with van der Waals surface area (Å²) in [6.07, 6.45) is 1.65. The Morgan fingerprint density at radius 1 is 1.33 bits per heavy atom. The molecule has 0 saturated carbocycles. The van der Waals surface area contributed by atoms with Crippen molar-refractivity contribution in [3.05, 3.63) is 40.8 Å². The lowest BCUT2D eigenvalue weighted by Gasteiger charge is -2.07. The maximum absolute atomic E-state index is 12.0. The molecule has 0 aliphatic heterocycles. The molecule has 1 N–H and O–H groups in total. The molecular formula is C12H14N4O2. The summed E-state index contributed by atoms with van der Waals surface area (Å²) < 4.78 is 6.62. The first kappa shape index (κ1) is 12.1. The largest absolute Gasteiger partial charge is 0.477 e. The van der Waals surface area contributed by atoms with Crippen LogP contribution in [0.1, 0.15) is 6.92 Å². The van der Waals surface area contributed by atoms with Crippen molar-refractivity contribution in [2.45, 2.75) is 6.92 Å². The number of hydrogen-bond acceptors (Lipinski definition) is 5. The predicted octanol–water partition coefficient (Wildman–Crippen LogP) is 1.07. The molecular weight excluding hydrogens is 232 g/mol. The molecule has 94 valence electrons. The van der Waals surface area contributed by atoms with E-state index in [0.29, 0.717) is 24.0 Å². The number of nitrogens with one attached hydrogen (secondary N) is 1. The molecule has 0 saturated heterocycles. The van der Waals surface area contributed by atoms with Crippen molar-refractivity contribution >= 4 is 5.69 Å². The van der Waals surface area contributed by atoms with Gasteiger partial charge in [-0.15, -0.1) is 10.2 Å². The van der Waals surface area contributed by atoms with Gasteiger partial charge in [0.1, 0.15) is 5.69 Å². The van der Waals surface area contributed by atoms with Crippen LogP contribution < -0.4 is 15.6 Å². The number of hydrogen-bond donors (Lipinski definition) is 1. The number of anilines is 1. The highest BCUT2D eigenvalue weighted by Crippen LogP contribution is 2.08. The maximum atomic E-state index is 12.0. The predicted molar refractivity (Wildman–Crippen MR) is 68.3 cm³/mol. The average molecular weight is 246 g/mol. The van der Waals surface area contributed by atoms with Gasteiger partial charge >= 0.3 is 0 Å². The Kier molecular flexibility index (Phi) is 3.57. The van der Waals surface area contributed by atoms with E-state index in [1.54, 1.807) is 37.5 Å². The van der Waals surface area contributed by atoms with Crippen LogP contribution in [0.5, 0.6) is 5.88 Å². The topological polar surface area (TPSA) is 69.0 Å². The summed E-state index contributed by atoms with van der Waals surface area (Å²) in [5.41, 5.74) is 0.339. The van der Waals surface area contributed by atoms with Crippen molar-refractivity contribution in [2.24, 2.45) is 0 Å². The van der Waals surface area contributed by atoms with Crippen molar-refractivity contribution in [1.82, 2.24) is 14.8 Å². The van der Waals surface area contributed by atoms with Crippen molar-refractivity contribution in [3.8, 4) is 11.7 Å². The van der Waals surface area contributed by atoms with Gasteiger partial charge in [-0.3, -0.25) is 9.36 Å². The fraction of sp³-hybridized carbons (Fsp3) is 0.250. The molecule has 0 fully saturated rings. The second-order valence-electron chi connectivity index (χ2n) is 3.51. The number of nitrogens with zero attached hydrogens (tertiary/aromatic N) is 3. The SMILES string of the molecule is CCOc1ccc(-n2cccc(NC)c2=O)nn1. The quantitative estimate of drug-likeness (QED) is 0.873.